The minimum absolute atomic E-state index is 0.193. The SMILES string of the molecule is CCNC(CS(=O)(=O)CC1CCCC1)C1CCCC1. The van der Waals surface area contributed by atoms with Crippen LogP contribution in [-0.2, 0) is 9.84 Å². The molecule has 2 saturated carbocycles. The summed E-state index contributed by atoms with van der Waals surface area (Å²) in [5, 5.41) is 3.43. The smallest absolute Gasteiger partial charge is 0.152 e. The molecule has 0 aromatic carbocycles. The van der Waals surface area contributed by atoms with Gasteiger partial charge < -0.3 is 5.32 Å². The zero-order chi connectivity index (χ0) is 13.7. The highest BCUT2D eigenvalue weighted by molar-refractivity contribution is 7.91. The summed E-state index contributed by atoms with van der Waals surface area (Å²) in [7, 11) is -2.89. The van der Waals surface area contributed by atoms with Gasteiger partial charge in [0.25, 0.3) is 0 Å². The van der Waals surface area contributed by atoms with Gasteiger partial charge in [-0.3, -0.25) is 0 Å². The van der Waals surface area contributed by atoms with Gasteiger partial charge in [0.05, 0.1) is 11.5 Å². The van der Waals surface area contributed by atoms with Crippen molar-refractivity contribution in [1.82, 2.24) is 5.32 Å². The number of sulfone groups is 1. The molecule has 3 nitrogen and oxygen atoms in total. The van der Waals surface area contributed by atoms with E-state index in [-0.39, 0.29) is 6.04 Å². The van der Waals surface area contributed by atoms with Gasteiger partial charge >= 0.3 is 0 Å². The van der Waals surface area contributed by atoms with Crippen LogP contribution in [0.2, 0.25) is 0 Å². The average Bonchev–Trinajstić information content (AvgIpc) is 2.99. The van der Waals surface area contributed by atoms with Gasteiger partial charge in [-0.1, -0.05) is 32.6 Å². The van der Waals surface area contributed by atoms with Crippen molar-refractivity contribution >= 4 is 9.84 Å². The van der Waals surface area contributed by atoms with Crippen molar-refractivity contribution in [3.05, 3.63) is 0 Å². The normalized spacial score (nSPS) is 24.1. The maximum Gasteiger partial charge on any atom is 0.152 e. The summed E-state index contributed by atoms with van der Waals surface area (Å²) < 4.78 is 24.8. The van der Waals surface area contributed by atoms with Gasteiger partial charge in [0.1, 0.15) is 0 Å². The van der Waals surface area contributed by atoms with E-state index < -0.39 is 9.84 Å². The fourth-order valence-electron chi connectivity index (χ4n) is 3.86. The van der Waals surface area contributed by atoms with Crippen LogP contribution in [0.1, 0.15) is 58.3 Å². The second-order valence-corrected chi connectivity index (χ2v) is 8.59. The van der Waals surface area contributed by atoms with Crippen molar-refractivity contribution in [3.63, 3.8) is 0 Å². The van der Waals surface area contributed by atoms with E-state index in [0.29, 0.717) is 23.3 Å². The molecule has 2 fully saturated rings. The molecule has 0 bridgehead atoms. The van der Waals surface area contributed by atoms with E-state index in [9.17, 15) is 8.42 Å². The average molecular weight is 287 g/mol. The number of hydrogen-bond acceptors (Lipinski definition) is 3. The van der Waals surface area contributed by atoms with Gasteiger partial charge in [0.15, 0.2) is 9.84 Å². The molecule has 0 heterocycles. The first-order valence-corrected chi connectivity index (χ1v) is 9.86. The molecule has 112 valence electrons. The first-order chi connectivity index (χ1) is 9.11. The molecule has 0 aromatic heterocycles. The van der Waals surface area contributed by atoms with Crippen molar-refractivity contribution in [2.75, 3.05) is 18.1 Å². The lowest BCUT2D eigenvalue weighted by Gasteiger charge is -2.24. The molecule has 4 heteroatoms. The third-order valence-corrected chi connectivity index (χ3v) is 6.68. The third kappa shape index (κ3) is 4.75. The van der Waals surface area contributed by atoms with Gasteiger partial charge in [-0.25, -0.2) is 8.42 Å². The largest absolute Gasteiger partial charge is 0.313 e. The molecule has 0 radical (unpaired) electrons. The van der Waals surface area contributed by atoms with E-state index in [1.54, 1.807) is 0 Å². The van der Waals surface area contributed by atoms with Crippen LogP contribution < -0.4 is 5.32 Å². The Kier molecular flexibility index (Phi) is 5.70. The summed E-state index contributed by atoms with van der Waals surface area (Å²) in [4.78, 5) is 0. The molecule has 0 saturated heterocycles. The van der Waals surface area contributed by atoms with Gasteiger partial charge in [-0.2, -0.15) is 0 Å². The number of rotatable bonds is 7. The van der Waals surface area contributed by atoms with Crippen LogP contribution in [-0.4, -0.2) is 32.5 Å². The molecule has 1 atom stereocenters. The molecule has 0 aromatic rings. The molecule has 2 rings (SSSR count). The lowest BCUT2D eigenvalue weighted by Crippen LogP contribution is -2.41. The summed E-state index contributed by atoms with van der Waals surface area (Å²) in [5.41, 5.74) is 0. The van der Waals surface area contributed by atoms with E-state index >= 15 is 0 Å². The molecule has 0 spiro atoms. The van der Waals surface area contributed by atoms with E-state index in [2.05, 4.69) is 12.2 Å². The third-order valence-electron chi connectivity index (χ3n) is 4.83. The van der Waals surface area contributed by atoms with E-state index in [1.807, 2.05) is 0 Å². The second kappa shape index (κ2) is 7.07. The summed E-state index contributed by atoms with van der Waals surface area (Å²) in [6, 6.07) is 0.193. The molecule has 2 aliphatic carbocycles. The van der Waals surface area contributed by atoms with Crippen LogP contribution in [0.5, 0.6) is 0 Å². The van der Waals surface area contributed by atoms with Crippen LogP contribution >= 0.6 is 0 Å². The Labute approximate surface area is 118 Å². The lowest BCUT2D eigenvalue weighted by atomic mass is 10.00. The molecule has 19 heavy (non-hydrogen) atoms. The van der Waals surface area contributed by atoms with Crippen LogP contribution in [0.15, 0.2) is 0 Å². The second-order valence-electron chi connectivity index (χ2n) is 6.44. The Bertz CT molecular complexity index is 354. The van der Waals surface area contributed by atoms with Crippen molar-refractivity contribution in [2.45, 2.75) is 64.3 Å². The predicted octanol–water partition coefficient (Wildman–Crippen LogP) is 2.76. The highest BCUT2D eigenvalue weighted by Crippen LogP contribution is 2.30. The Morgan fingerprint density at radius 1 is 1.05 bits per heavy atom. The Balaban J connectivity index is 1.90. The molecular weight excluding hydrogens is 258 g/mol. The zero-order valence-electron chi connectivity index (χ0n) is 12.2. The Morgan fingerprint density at radius 3 is 2.21 bits per heavy atom. The monoisotopic (exact) mass is 287 g/mol. The quantitative estimate of drug-likeness (QED) is 0.783. The topological polar surface area (TPSA) is 46.2 Å². The number of hydrogen-bond donors (Lipinski definition) is 1. The fourth-order valence-corrected chi connectivity index (χ4v) is 5.99. The minimum atomic E-state index is -2.89. The summed E-state index contributed by atoms with van der Waals surface area (Å²) in [6.45, 7) is 2.95. The summed E-state index contributed by atoms with van der Waals surface area (Å²) in [6.07, 6.45) is 9.64. The Hall–Kier alpha value is -0.0900. The molecule has 1 N–H and O–H groups in total. The molecule has 0 amide bonds. The standard InChI is InChI=1S/C15H29NO2S/c1-2-16-15(14-9-5-6-10-14)12-19(17,18)11-13-7-3-4-8-13/h13-16H,2-12H2,1H3. The predicted molar refractivity (Wildman–Crippen MR) is 80.0 cm³/mol. The van der Waals surface area contributed by atoms with Crippen LogP contribution in [0.3, 0.4) is 0 Å². The Morgan fingerprint density at radius 2 is 1.63 bits per heavy atom. The highest BCUT2D eigenvalue weighted by atomic mass is 32.2. The van der Waals surface area contributed by atoms with Crippen molar-refractivity contribution in [3.8, 4) is 0 Å². The maximum absolute atomic E-state index is 12.4. The van der Waals surface area contributed by atoms with Crippen molar-refractivity contribution in [1.29, 1.82) is 0 Å². The van der Waals surface area contributed by atoms with E-state index in [0.717, 1.165) is 19.4 Å². The molecule has 0 aliphatic heterocycles. The van der Waals surface area contributed by atoms with Crippen LogP contribution in [0.25, 0.3) is 0 Å². The minimum Gasteiger partial charge on any atom is -0.313 e. The fraction of sp³-hybridized carbons (Fsp3) is 1.00. The molecule has 2 aliphatic rings. The first-order valence-electron chi connectivity index (χ1n) is 8.04. The highest BCUT2D eigenvalue weighted by Gasteiger charge is 2.30. The first kappa shape index (κ1) is 15.3. The molecular formula is C15H29NO2S. The van der Waals surface area contributed by atoms with Gasteiger partial charge in [-0.05, 0) is 44.1 Å². The van der Waals surface area contributed by atoms with Gasteiger partial charge in [0.2, 0.25) is 0 Å². The zero-order valence-corrected chi connectivity index (χ0v) is 13.1. The van der Waals surface area contributed by atoms with Crippen LogP contribution in [0.4, 0.5) is 0 Å². The lowest BCUT2D eigenvalue weighted by molar-refractivity contribution is 0.388. The van der Waals surface area contributed by atoms with E-state index in [1.165, 1.54) is 38.5 Å². The van der Waals surface area contributed by atoms with Crippen molar-refractivity contribution in [2.24, 2.45) is 11.8 Å². The maximum atomic E-state index is 12.4. The number of nitrogens with one attached hydrogen (secondary N) is 1. The van der Waals surface area contributed by atoms with Crippen molar-refractivity contribution < 1.29 is 8.42 Å². The summed E-state index contributed by atoms with van der Waals surface area (Å²) in [5.74, 6) is 1.82. The molecule has 1 unspecified atom stereocenters. The van der Waals surface area contributed by atoms with Gasteiger partial charge in [0, 0.05) is 6.04 Å². The van der Waals surface area contributed by atoms with E-state index in [4.69, 9.17) is 0 Å². The summed E-state index contributed by atoms with van der Waals surface area (Å²) >= 11 is 0. The van der Waals surface area contributed by atoms with Gasteiger partial charge in [-0.15, -0.1) is 0 Å². The van der Waals surface area contributed by atoms with Crippen LogP contribution in [0, 0.1) is 11.8 Å².